The van der Waals surface area contributed by atoms with Crippen molar-refractivity contribution < 1.29 is 9.84 Å². The van der Waals surface area contributed by atoms with Crippen molar-refractivity contribution in [3.05, 3.63) is 88.7 Å². The monoisotopic (exact) mass is 322 g/mol. The minimum absolute atomic E-state index is 0.354. The minimum Gasteiger partial charge on any atom is -0.376 e. The summed E-state index contributed by atoms with van der Waals surface area (Å²) in [5.74, 6) is 0. The summed E-state index contributed by atoms with van der Waals surface area (Å²) in [4.78, 5) is 0. The molecule has 4 heteroatoms. The molecule has 0 bridgehead atoms. The maximum atomic E-state index is 11.9. The molecule has 0 saturated heterocycles. The van der Waals surface area contributed by atoms with Gasteiger partial charge in [0.05, 0.1) is 5.69 Å². The van der Waals surface area contributed by atoms with Crippen LogP contribution in [0.5, 0.6) is 0 Å². The van der Waals surface area contributed by atoms with Crippen LogP contribution >= 0.6 is 0 Å². The van der Waals surface area contributed by atoms with E-state index in [-0.39, 0.29) is 0 Å². The number of rotatable bonds is 5. The molecule has 0 fully saturated rings. The average molecular weight is 322 g/mol. The number of aryl methyl sites for hydroxylation is 1. The van der Waals surface area contributed by atoms with Crippen LogP contribution in [0.4, 0.5) is 0 Å². The summed E-state index contributed by atoms with van der Waals surface area (Å²) < 4.78 is 7.00. The summed E-state index contributed by atoms with van der Waals surface area (Å²) in [6.45, 7) is 4.24. The van der Waals surface area contributed by atoms with Gasteiger partial charge in [0.25, 0.3) is 0 Å². The number of benzene rings is 2. The second-order valence-corrected chi connectivity index (χ2v) is 5.91. The van der Waals surface area contributed by atoms with E-state index in [1.807, 2.05) is 74.5 Å². The molecule has 1 N–H and O–H groups in total. The predicted molar refractivity (Wildman–Crippen MR) is 93.7 cm³/mol. The fourth-order valence-corrected chi connectivity index (χ4v) is 3.28. The number of nitrogens with zero attached hydrogens (tertiary/aromatic N) is 2. The van der Waals surface area contributed by atoms with Gasteiger partial charge in [-0.15, -0.1) is 0 Å². The van der Waals surface area contributed by atoms with E-state index in [1.165, 1.54) is 0 Å². The topological polar surface area (TPSA) is 47.3 Å². The molecule has 0 aliphatic carbocycles. The van der Waals surface area contributed by atoms with Crippen molar-refractivity contribution in [2.45, 2.75) is 26.2 Å². The van der Waals surface area contributed by atoms with E-state index in [9.17, 15) is 5.11 Å². The van der Waals surface area contributed by atoms with Crippen LogP contribution in [-0.4, -0.2) is 22.0 Å². The Bertz CT molecular complexity index is 771. The largest absolute Gasteiger partial charge is 0.376 e. The molecule has 0 unspecified atom stereocenters. The molecule has 4 nitrogen and oxygen atoms in total. The molecule has 3 rings (SSSR count). The van der Waals surface area contributed by atoms with Gasteiger partial charge in [-0.05, 0) is 25.0 Å². The second kappa shape index (κ2) is 6.59. The van der Waals surface area contributed by atoms with E-state index in [2.05, 4.69) is 5.10 Å². The van der Waals surface area contributed by atoms with Crippen LogP contribution in [0.1, 0.15) is 28.1 Å². The zero-order chi connectivity index (χ0) is 17.2. The lowest BCUT2D eigenvalue weighted by Crippen LogP contribution is -2.30. The Kier molecular flexibility index (Phi) is 4.51. The van der Waals surface area contributed by atoms with Crippen molar-refractivity contribution in [1.29, 1.82) is 0 Å². The van der Waals surface area contributed by atoms with E-state index in [0.717, 1.165) is 28.1 Å². The first kappa shape index (κ1) is 16.4. The van der Waals surface area contributed by atoms with Gasteiger partial charge in [-0.25, -0.2) is 4.68 Å². The van der Waals surface area contributed by atoms with Crippen LogP contribution in [0.25, 0.3) is 0 Å². The molecule has 24 heavy (non-hydrogen) atoms. The van der Waals surface area contributed by atoms with Crippen LogP contribution in [0.15, 0.2) is 60.7 Å². The van der Waals surface area contributed by atoms with Crippen LogP contribution in [0, 0.1) is 13.8 Å². The van der Waals surface area contributed by atoms with Gasteiger partial charge in [0.2, 0.25) is 0 Å². The van der Waals surface area contributed by atoms with Crippen molar-refractivity contribution in [2.75, 3.05) is 7.11 Å². The van der Waals surface area contributed by atoms with Gasteiger partial charge < -0.3 is 9.84 Å². The molecule has 3 aromatic rings. The lowest BCUT2D eigenvalue weighted by Gasteiger charge is -2.30. The second-order valence-electron chi connectivity index (χ2n) is 5.91. The maximum absolute atomic E-state index is 11.9. The number of hydrogen-bond donors (Lipinski definition) is 1. The highest BCUT2D eigenvalue weighted by Gasteiger charge is 2.38. The molecule has 0 amide bonds. The van der Waals surface area contributed by atoms with Crippen molar-refractivity contribution in [2.24, 2.45) is 0 Å². The SMILES string of the molecule is COCn1nc(C)c(C(O)(c2ccccc2)c2ccccc2)c1C. The van der Waals surface area contributed by atoms with Crippen LogP contribution in [-0.2, 0) is 17.1 Å². The molecule has 1 aromatic heterocycles. The number of methoxy groups -OCH3 is 1. The first-order valence-electron chi connectivity index (χ1n) is 7.96. The van der Waals surface area contributed by atoms with E-state index in [4.69, 9.17) is 4.74 Å². The van der Waals surface area contributed by atoms with Gasteiger partial charge in [-0.3, -0.25) is 0 Å². The molecule has 0 aliphatic heterocycles. The van der Waals surface area contributed by atoms with E-state index < -0.39 is 5.60 Å². The van der Waals surface area contributed by atoms with Crippen molar-refractivity contribution >= 4 is 0 Å². The Balaban J connectivity index is 2.28. The lowest BCUT2D eigenvalue weighted by atomic mass is 9.79. The molecular formula is C20H22N2O2. The number of hydrogen-bond acceptors (Lipinski definition) is 3. The van der Waals surface area contributed by atoms with Crippen LogP contribution < -0.4 is 0 Å². The molecule has 0 radical (unpaired) electrons. The molecule has 2 aromatic carbocycles. The molecule has 124 valence electrons. The highest BCUT2D eigenvalue weighted by Crippen LogP contribution is 2.39. The van der Waals surface area contributed by atoms with Crippen molar-refractivity contribution in [3.63, 3.8) is 0 Å². The normalized spacial score (nSPS) is 11.7. The third-order valence-electron chi connectivity index (χ3n) is 4.38. The zero-order valence-corrected chi connectivity index (χ0v) is 14.2. The Morgan fingerprint density at radius 1 is 0.958 bits per heavy atom. The Hall–Kier alpha value is -2.43. The maximum Gasteiger partial charge on any atom is 0.144 e. The summed E-state index contributed by atoms with van der Waals surface area (Å²) in [7, 11) is 1.64. The van der Waals surface area contributed by atoms with Gasteiger partial charge in [-0.2, -0.15) is 5.10 Å². The van der Waals surface area contributed by atoms with Crippen molar-refractivity contribution in [3.8, 4) is 0 Å². The minimum atomic E-state index is -1.26. The van der Waals surface area contributed by atoms with Crippen LogP contribution in [0.2, 0.25) is 0 Å². The fourth-order valence-electron chi connectivity index (χ4n) is 3.28. The van der Waals surface area contributed by atoms with E-state index in [1.54, 1.807) is 11.8 Å². The Labute approximate surface area is 142 Å². The standard InChI is InChI=1S/C20H22N2O2/c1-15-19(16(2)22(21-15)14-24-3)20(23,17-10-6-4-7-11-17)18-12-8-5-9-13-18/h4-13,23H,14H2,1-3H3. The first-order chi connectivity index (χ1) is 11.6. The van der Waals surface area contributed by atoms with Crippen LogP contribution in [0.3, 0.4) is 0 Å². The van der Waals surface area contributed by atoms with Gasteiger partial charge >= 0.3 is 0 Å². The lowest BCUT2D eigenvalue weighted by molar-refractivity contribution is 0.114. The zero-order valence-electron chi connectivity index (χ0n) is 14.2. The molecular weight excluding hydrogens is 300 g/mol. The quantitative estimate of drug-likeness (QED) is 0.783. The molecule has 0 spiro atoms. The number of aromatic nitrogens is 2. The van der Waals surface area contributed by atoms with E-state index >= 15 is 0 Å². The summed E-state index contributed by atoms with van der Waals surface area (Å²) in [5, 5.41) is 16.4. The highest BCUT2D eigenvalue weighted by atomic mass is 16.5. The summed E-state index contributed by atoms with van der Waals surface area (Å²) >= 11 is 0. The third-order valence-corrected chi connectivity index (χ3v) is 4.38. The highest BCUT2D eigenvalue weighted by molar-refractivity contribution is 5.50. The Morgan fingerprint density at radius 2 is 1.46 bits per heavy atom. The Morgan fingerprint density at radius 3 is 1.92 bits per heavy atom. The van der Waals surface area contributed by atoms with Gasteiger partial charge in [0.1, 0.15) is 12.3 Å². The predicted octanol–water partition coefficient (Wildman–Crippen LogP) is 3.39. The molecule has 1 heterocycles. The average Bonchev–Trinajstić information content (AvgIpc) is 2.90. The van der Waals surface area contributed by atoms with E-state index in [0.29, 0.717) is 6.73 Å². The molecule has 0 atom stereocenters. The summed E-state index contributed by atoms with van der Waals surface area (Å²) in [6, 6.07) is 19.4. The summed E-state index contributed by atoms with van der Waals surface area (Å²) in [5.41, 5.74) is 2.86. The third kappa shape index (κ3) is 2.64. The van der Waals surface area contributed by atoms with Gasteiger partial charge in [0.15, 0.2) is 0 Å². The smallest absolute Gasteiger partial charge is 0.144 e. The molecule has 0 saturated carbocycles. The first-order valence-corrected chi connectivity index (χ1v) is 7.96. The number of ether oxygens (including phenoxy) is 1. The van der Waals surface area contributed by atoms with Crippen molar-refractivity contribution in [1.82, 2.24) is 9.78 Å². The van der Waals surface area contributed by atoms with Gasteiger partial charge in [0, 0.05) is 18.4 Å². The summed E-state index contributed by atoms with van der Waals surface area (Å²) in [6.07, 6.45) is 0. The molecule has 0 aliphatic rings. The number of aliphatic hydroxyl groups is 1. The van der Waals surface area contributed by atoms with Gasteiger partial charge in [-0.1, -0.05) is 60.7 Å². The fraction of sp³-hybridized carbons (Fsp3) is 0.250.